The minimum atomic E-state index is 2.00. The van der Waals surface area contributed by atoms with Crippen LogP contribution in [0.2, 0.25) is 0 Å². The van der Waals surface area contributed by atoms with Gasteiger partial charge in [-0.05, 0) is 0 Å². The molecule has 0 radical (unpaired) electrons. The van der Waals surface area contributed by atoms with Crippen molar-refractivity contribution in [3.63, 3.8) is 0 Å². The molecule has 0 atom stereocenters. The summed E-state index contributed by atoms with van der Waals surface area (Å²) >= 11 is 0. The predicted molar refractivity (Wildman–Crippen MR) is 54.8 cm³/mol. The molecule has 1 aliphatic carbocycles. The van der Waals surface area contributed by atoms with Gasteiger partial charge in [0.1, 0.15) is 0 Å². The van der Waals surface area contributed by atoms with Gasteiger partial charge in [0.05, 0.1) is 0 Å². The molecule has 12 heavy (non-hydrogen) atoms. The Kier molecular flexibility index (Phi) is 4.39. The van der Waals surface area contributed by atoms with Crippen LogP contribution in [0.15, 0.2) is 72.9 Å². The van der Waals surface area contributed by atoms with Crippen LogP contribution in [0.3, 0.4) is 0 Å². The molecule has 0 aromatic rings. The first-order valence-corrected chi connectivity index (χ1v) is 4.00. The maximum atomic E-state index is 2.00. The second-order valence-electron chi connectivity index (χ2n) is 2.31. The van der Waals surface area contributed by atoms with Gasteiger partial charge in [-0.25, -0.2) is 0 Å². The number of allylic oxidation sites excluding steroid dienone is 12. The summed E-state index contributed by atoms with van der Waals surface area (Å²) in [6.45, 7) is 0. The van der Waals surface area contributed by atoms with Crippen LogP contribution in [0.1, 0.15) is 0 Å². The van der Waals surface area contributed by atoms with Crippen molar-refractivity contribution >= 4 is 0 Å². The fourth-order valence-corrected chi connectivity index (χ4v) is 0.770. The molecule has 0 aliphatic heterocycles. The first-order valence-electron chi connectivity index (χ1n) is 4.00. The van der Waals surface area contributed by atoms with Gasteiger partial charge in [-0.2, -0.15) is 0 Å². The molecule has 0 aromatic heterocycles. The van der Waals surface area contributed by atoms with Crippen molar-refractivity contribution < 1.29 is 0 Å². The lowest BCUT2D eigenvalue weighted by Gasteiger charge is -1.77. The zero-order valence-electron chi connectivity index (χ0n) is 6.93. The van der Waals surface area contributed by atoms with Crippen molar-refractivity contribution in [3.05, 3.63) is 72.9 Å². The molecule has 0 nitrogen and oxygen atoms in total. The Morgan fingerprint density at radius 2 is 0.250 bits per heavy atom. The molecule has 60 valence electrons. The van der Waals surface area contributed by atoms with Crippen molar-refractivity contribution in [1.82, 2.24) is 0 Å². The molecule has 0 amide bonds. The predicted octanol–water partition coefficient (Wildman–Crippen LogP) is 3.34. The van der Waals surface area contributed by atoms with Crippen LogP contribution in [-0.4, -0.2) is 0 Å². The maximum absolute atomic E-state index is 2.00. The molecule has 0 heterocycles. The molecular weight excluding hydrogens is 144 g/mol. The van der Waals surface area contributed by atoms with Crippen LogP contribution in [0.25, 0.3) is 0 Å². The normalized spacial score (nSPS) is 26.7. The van der Waals surface area contributed by atoms with E-state index in [0.29, 0.717) is 0 Å². The third-order valence-corrected chi connectivity index (χ3v) is 1.33. The van der Waals surface area contributed by atoms with Crippen molar-refractivity contribution in [2.24, 2.45) is 0 Å². The number of hydrogen-bond donors (Lipinski definition) is 0. The molecular formula is C12H12. The van der Waals surface area contributed by atoms with Gasteiger partial charge in [-0.15, -0.1) is 0 Å². The van der Waals surface area contributed by atoms with Gasteiger partial charge in [-0.3, -0.25) is 0 Å². The average Bonchev–Trinajstić information content (AvgIpc) is 2.05. The molecule has 0 fully saturated rings. The van der Waals surface area contributed by atoms with E-state index in [1.165, 1.54) is 0 Å². The Morgan fingerprint density at radius 1 is 0.167 bits per heavy atom. The summed E-state index contributed by atoms with van der Waals surface area (Å²) in [5.41, 5.74) is 0. The van der Waals surface area contributed by atoms with Crippen molar-refractivity contribution in [3.8, 4) is 0 Å². The van der Waals surface area contributed by atoms with E-state index < -0.39 is 0 Å². The monoisotopic (exact) mass is 156 g/mol. The lowest BCUT2D eigenvalue weighted by atomic mass is 10.3. The van der Waals surface area contributed by atoms with Gasteiger partial charge in [0.15, 0.2) is 0 Å². The Morgan fingerprint density at radius 3 is 0.333 bits per heavy atom. The number of hydrogen-bond acceptors (Lipinski definition) is 0. The van der Waals surface area contributed by atoms with E-state index in [4.69, 9.17) is 0 Å². The van der Waals surface area contributed by atoms with Gasteiger partial charge in [0.25, 0.3) is 0 Å². The van der Waals surface area contributed by atoms with Crippen LogP contribution in [0.4, 0.5) is 0 Å². The summed E-state index contributed by atoms with van der Waals surface area (Å²) in [5.74, 6) is 0. The maximum Gasteiger partial charge on any atom is -0.0623 e. The minimum absolute atomic E-state index is 2.00. The van der Waals surface area contributed by atoms with E-state index in [0.717, 1.165) is 0 Å². The van der Waals surface area contributed by atoms with Gasteiger partial charge < -0.3 is 0 Å². The first kappa shape index (κ1) is 8.54. The summed E-state index contributed by atoms with van der Waals surface area (Å²) in [6.07, 6.45) is 24.0. The first-order chi connectivity index (χ1) is 6.00. The molecule has 0 heteroatoms. The van der Waals surface area contributed by atoms with E-state index in [9.17, 15) is 0 Å². The van der Waals surface area contributed by atoms with E-state index in [-0.39, 0.29) is 0 Å². The highest BCUT2D eigenvalue weighted by molar-refractivity contribution is 5.23. The fourth-order valence-electron chi connectivity index (χ4n) is 0.770. The third-order valence-electron chi connectivity index (χ3n) is 1.33. The third kappa shape index (κ3) is 4.29. The summed E-state index contributed by atoms with van der Waals surface area (Å²) in [5, 5.41) is 0. The van der Waals surface area contributed by atoms with Crippen LogP contribution in [0.5, 0.6) is 0 Å². The zero-order chi connectivity index (χ0) is 8.49. The van der Waals surface area contributed by atoms with Crippen LogP contribution >= 0.6 is 0 Å². The smallest absolute Gasteiger partial charge is 0.0623 e. The largest absolute Gasteiger partial charge is 0.0623 e. The van der Waals surface area contributed by atoms with Crippen LogP contribution in [0, 0.1) is 0 Å². The van der Waals surface area contributed by atoms with Gasteiger partial charge in [-0.1, -0.05) is 72.9 Å². The van der Waals surface area contributed by atoms with E-state index in [1.807, 2.05) is 72.9 Å². The molecule has 0 spiro atoms. The Labute approximate surface area is 73.6 Å². The topological polar surface area (TPSA) is 0 Å². The quantitative estimate of drug-likeness (QED) is 0.504. The summed E-state index contributed by atoms with van der Waals surface area (Å²) < 4.78 is 0. The van der Waals surface area contributed by atoms with Gasteiger partial charge in [0.2, 0.25) is 0 Å². The molecule has 0 N–H and O–H groups in total. The number of rotatable bonds is 0. The molecule has 1 rings (SSSR count). The average molecular weight is 156 g/mol. The summed E-state index contributed by atoms with van der Waals surface area (Å²) in [4.78, 5) is 0. The summed E-state index contributed by atoms with van der Waals surface area (Å²) in [7, 11) is 0. The van der Waals surface area contributed by atoms with Crippen molar-refractivity contribution in [1.29, 1.82) is 0 Å². The van der Waals surface area contributed by atoms with E-state index in [2.05, 4.69) is 0 Å². The van der Waals surface area contributed by atoms with Crippen molar-refractivity contribution in [2.75, 3.05) is 0 Å². The lowest BCUT2D eigenvalue weighted by Crippen LogP contribution is -1.55. The van der Waals surface area contributed by atoms with Crippen molar-refractivity contribution in [2.45, 2.75) is 0 Å². The molecule has 1 aliphatic rings. The summed E-state index contributed by atoms with van der Waals surface area (Å²) in [6, 6.07) is 0. The Bertz CT molecular complexity index is 169. The minimum Gasteiger partial charge on any atom is -0.0623 e. The second kappa shape index (κ2) is 6.17. The molecule has 0 unspecified atom stereocenters. The molecule has 0 aromatic carbocycles. The Balaban J connectivity index is 2.67. The Hall–Kier alpha value is -1.56. The molecule has 0 bridgehead atoms. The highest BCUT2D eigenvalue weighted by Gasteiger charge is 1.65. The fraction of sp³-hybridized carbons (Fsp3) is 0. The second-order valence-corrected chi connectivity index (χ2v) is 2.31. The molecule has 0 saturated carbocycles. The standard InChI is InChI=1S/C12H12/c1-2-4-6-8-10-12-11-9-7-5-3-1/h1-12H/b2-1-,3-1?,4-2?,5-3+,6-4?,7-5?,8-6?,9-7+,10-8?,11-9?,12-10?,12-11+. The van der Waals surface area contributed by atoms with Gasteiger partial charge in [0, 0.05) is 0 Å². The molecule has 0 saturated heterocycles. The van der Waals surface area contributed by atoms with Crippen LogP contribution in [-0.2, 0) is 0 Å². The van der Waals surface area contributed by atoms with E-state index in [1.54, 1.807) is 0 Å². The van der Waals surface area contributed by atoms with Crippen LogP contribution < -0.4 is 0 Å². The zero-order valence-corrected chi connectivity index (χ0v) is 6.93. The highest BCUT2D eigenvalue weighted by Crippen LogP contribution is 1.87. The lowest BCUT2D eigenvalue weighted by molar-refractivity contribution is 1.81. The SMILES string of the molecule is C1=C\C=C/C=C/C=C/C=C/C=C1. The van der Waals surface area contributed by atoms with Gasteiger partial charge >= 0.3 is 0 Å². The highest BCUT2D eigenvalue weighted by atomic mass is 13.7. The van der Waals surface area contributed by atoms with E-state index >= 15 is 0 Å².